The Kier molecular flexibility index (Phi) is 13.2. The minimum Gasteiger partial charge on any atom is -0.481 e. The van der Waals surface area contributed by atoms with Gasteiger partial charge in [-0.05, 0) is 39.2 Å². The molecular formula is C18H32N6O8. The summed E-state index contributed by atoms with van der Waals surface area (Å²) in [7, 11) is 0. The van der Waals surface area contributed by atoms with Gasteiger partial charge in [0.1, 0.15) is 18.1 Å². The van der Waals surface area contributed by atoms with E-state index in [-0.39, 0.29) is 19.3 Å². The Morgan fingerprint density at radius 2 is 1.44 bits per heavy atom. The van der Waals surface area contributed by atoms with Crippen molar-refractivity contribution in [1.82, 2.24) is 16.0 Å². The van der Waals surface area contributed by atoms with Gasteiger partial charge in [-0.2, -0.15) is 0 Å². The van der Waals surface area contributed by atoms with Gasteiger partial charge in [-0.25, -0.2) is 4.79 Å². The number of amides is 4. The number of hydrogen-bond acceptors (Lipinski definition) is 8. The molecule has 4 unspecified atom stereocenters. The molecule has 0 spiro atoms. The van der Waals surface area contributed by atoms with E-state index in [9.17, 15) is 33.9 Å². The number of carbonyl (C=O) groups excluding carboxylic acids is 4. The second-order valence-electron chi connectivity index (χ2n) is 7.18. The molecule has 0 saturated heterocycles. The smallest absolute Gasteiger partial charge is 0.326 e. The first-order valence-electron chi connectivity index (χ1n) is 9.98. The van der Waals surface area contributed by atoms with Crippen LogP contribution in [0.25, 0.3) is 0 Å². The molecule has 0 aromatic rings. The van der Waals surface area contributed by atoms with Crippen molar-refractivity contribution in [3.8, 4) is 0 Å². The van der Waals surface area contributed by atoms with E-state index in [2.05, 4.69) is 16.0 Å². The predicted molar refractivity (Wildman–Crippen MR) is 111 cm³/mol. The summed E-state index contributed by atoms with van der Waals surface area (Å²) >= 11 is 0. The Morgan fingerprint density at radius 3 is 1.94 bits per heavy atom. The van der Waals surface area contributed by atoms with Crippen LogP contribution in [0.1, 0.15) is 45.4 Å². The van der Waals surface area contributed by atoms with Crippen molar-refractivity contribution in [2.45, 2.75) is 69.6 Å². The first kappa shape index (κ1) is 28.7. The van der Waals surface area contributed by atoms with Crippen LogP contribution in [0.4, 0.5) is 0 Å². The molecule has 4 atom stereocenters. The van der Waals surface area contributed by atoms with E-state index in [0.29, 0.717) is 19.4 Å². The molecule has 0 radical (unpaired) electrons. The molecule has 0 rings (SSSR count). The molecule has 0 fully saturated rings. The van der Waals surface area contributed by atoms with Gasteiger partial charge in [0, 0.05) is 6.42 Å². The second kappa shape index (κ2) is 14.7. The van der Waals surface area contributed by atoms with Gasteiger partial charge in [0.05, 0.1) is 12.5 Å². The molecule has 0 heterocycles. The molecule has 0 aliphatic carbocycles. The lowest BCUT2D eigenvalue weighted by molar-refractivity contribution is -0.142. The van der Waals surface area contributed by atoms with Crippen molar-refractivity contribution < 1.29 is 39.0 Å². The zero-order valence-corrected chi connectivity index (χ0v) is 17.8. The van der Waals surface area contributed by atoms with Gasteiger partial charge in [-0.15, -0.1) is 0 Å². The quantitative estimate of drug-likeness (QED) is 0.107. The number of rotatable bonds is 16. The summed E-state index contributed by atoms with van der Waals surface area (Å²) in [5.41, 5.74) is 16.0. The maximum absolute atomic E-state index is 12.5. The maximum Gasteiger partial charge on any atom is 0.326 e. The van der Waals surface area contributed by atoms with Crippen LogP contribution >= 0.6 is 0 Å². The van der Waals surface area contributed by atoms with Gasteiger partial charge in [0.25, 0.3) is 0 Å². The fraction of sp³-hybridized carbons (Fsp3) is 0.667. The molecule has 32 heavy (non-hydrogen) atoms. The van der Waals surface area contributed by atoms with Crippen molar-refractivity contribution in [2.75, 3.05) is 6.54 Å². The molecule has 182 valence electrons. The van der Waals surface area contributed by atoms with Gasteiger partial charge >= 0.3 is 11.9 Å². The summed E-state index contributed by atoms with van der Waals surface area (Å²) in [5, 5.41) is 24.6. The fourth-order valence-corrected chi connectivity index (χ4v) is 2.53. The van der Waals surface area contributed by atoms with Crippen LogP contribution in [-0.4, -0.2) is 76.5 Å². The molecule has 14 heteroatoms. The van der Waals surface area contributed by atoms with E-state index in [1.165, 1.54) is 6.92 Å². The van der Waals surface area contributed by atoms with Crippen molar-refractivity contribution >= 4 is 35.6 Å². The number of nitrogens with two attached hydrogens (primary N) is 3. The summed E-state index contributed by atoms with van der Waals surface area (Å²) in [6, 6.07) is -5.10. The normalized spacial score (nSPS) is 14.3. The topological polar surface area (TPSA) is 257 Å². The summed E-state index contributed by atoms with van der Waals surface area (Å²) in [6.45, 7) is 1.66. The third kappa shape index (κ3) is 11.8. The third-order valence-electron chi connectivity index (χ3n) is 4.36. The minimum atomic E-state index is -1.47. The molecule has 0 saturated carbocycles. The van der Waals surface area contributed by atoms with E-state index in [4.69, 9.17) is 22.3 Å². The summed E-state index contributed by atoms with van der Waals surface area (Å²) in [4.78, 5) is 70.0. The molecule has 11 N–H and O–H groups in total. The number of unbranched alkanes of at least 4 members (excludes halogenated alkanes) is 1. The average Bonchev–Trinajstić information content (AvgIpc) is 2.69. The number of primary amides is 1. The van der Waals surface area contributed by atoms with Crippen molar-refractivity contribution in [2.24, 2.45) is 17.2 Å². The predicted octanol–water partition coefficient (Wildman–Crippen LogP) is -3.26. The number of carboxylic acids is 2. The number of carboxylic acid groups (broad SMARTS) is 2. The van der Waals surface area contributed by atoms with E-state index < -0.39 is 66.2 Å². The highest BCUT2D eigenvalue weighted by atomic mass is 16.4. The van der Waals surface area contributed by atoms with Crippen LogP contribution in [0.2, 0.25) is 0 Å². The third-order valence-corrected chi connectivity index (χ3v) is 4.36. The standard InChI is InChI=1S/C18H32N6O8/c1-9(15(28)23-11(18(31)32)4-2-3-7-19)22-17(30)12(8-13(21)25)24-16(29)10(20)5-6-14(26)27/h9-12H,2-8,19-20H2,1H3,(H2,21,25)(H,22,30)(H,23,28)(H,24,29)(H,26,27)(H,31,32). The van der Waals surface area contributed by atoms with Crippen LogP contribution in [0.15, 0.2) is 0 Å². The van der Waals surface area contributed by atoms with Crippen molar-refractivity contribution in [3.05, 3.63) is 0 Å². The molecule has 0 aliphatic heterocycles. The molecule has 0 aromatic carbocycles. The van der Waals surface area contributed by atoms with Gasteiger partial charge in [0.2, 0.25) is 23.6 Å². The van der Waals surface area contributed by atoms with Crippen molar-refractivity contribution in [1.29, 1.82) is 0 Å². The van der Waals surface area contributed by atoms with E-state index in [1.807, 2.05) is 0 Å². The molecule has 0 bridgehead atoms. The van der Waals surface area contributed by atoms with Gasteiger partial charge in [-0.1, -0.05) is 0 Å². The van der Waals surface area contributed by atoms with Crippen LogP contribution in [-0.2, 0) is 28.8 Å². The number of nitrogens with one attached hydrogen (secondary N) is 3. The second-order valence-corrected chi connectivity index (χ2v) is 7.18. The van der Waals surface area contributed by atoms with E-state index >= 15 is 0 Å². The molecular weight excluding hydrogens is 428 g/mol. The molecule has 0 aliphatic rings. The molecule has 0 aromatic heterocycles. The highest BCUT2D eigenvalue weighted by Gasteiger charge is 2.29. The van der Waals surface area contributed by atoms with E-state index in [1.54, 1.807) is 0 Å². The Balaban J connectivity index is 5.01. The Labute approximate surface area is 184 Å². The van der Waals surface area contributed by atoms with Crippen LogP contribution in [0.3, 0.4) is 0 Å². The van der Waals surface area contributed by atoms with Crippen molar-refractivity contribution in [3.63, 3.8) is 0 Å². The Morgan fingerprint density at radius 1 is 0.844 bits per heavy atom. The van der Waals surface area contributed by atoms with Gasteiger partial charge in [-0.3, -0.25) is 24.0 Å². The molecule has 4 amide bonds. The zero-order chi connectivity index (χ0) is 24.8. The first-order chi connectivity index (χ1) is 14.9. The Hall–Kier alpha value is -3.26. The van der Waals surface area contributed by atoms with Crippen LogP contribution < -0.4 is 33.2 Å². The maximum atomic E-state index is 12.5. The number of hydrogen-bond donors (Lipinski definition) is 8. The van der Waals surface area contributed by atoms with Crippen LogP contribution in [0, 0.1) is 0 Å². The summed E-state index contributed by atoms with van der Waals surface area (Å²) in [5.74, 6) is -5.94. The lowest BCUT2D eigenvalue weighted by Gasteiger charge is -2.23. The summed E-state index contributed by atoms with van der Waals surface area (Å²) < 4.78 is 0. The first-order valence-corrected chi connectivity index (χ1v) is 9.98. The van der Waals surface area contributed by atoms with Crippen LogP contribution in [0.5, 0.6) is 0 Å². The molecule has 14 nitrogen and oxygen atoms in total. The lowest BCUT2D eigenvalue weighted by Crippen LogP contribution is -2.57. The largest absolute Gasteiger partial charge is 0.481 e. The Bertz CT molecular complexity index is 701. The lowest BCUT2D eigenvalue weighted by atomic mass is 10.1. The van der Waals surface area contributed by atoms with E-state index in [0.717, 1.165) is 0 Å². The van der Waals surface area contributed by atoms with Gasteiger partial charge in [0.15, 0.2) is 0 Å². The number of aliphatic carboxylic acids is 2. The fourth-order valence-electron chi connectivity index (χ4n) is 2.53. The monoisotopic (exact) mass is 460 g/mol. The zero-order valence-electron chi connectivity index (χ0n) is 17.8. The highest BCUT2D eigenvalue weighted by Crippen LogP contribution is 2.03. The SMILES string of the molecule is CC(NC(=O)C(CC(N)=O)NC(=O)C(N)CCC(=O)O)C(=O)NC(CCCCN)C(=O)O. The van der Waals surface area contributed by atoms with Gasteiger partial charge < -0.3 is 43.4 Å². The number of carbonyl (C=O) groups is 6. The highest BCUT2D eigenvalue weighted by molar-refractivity contribution is 5.96. The minimum absolute atomic E-state index is 0.146. The average molecular weight is 460 g/mol. The summed E-state index contributed by atoms with van der Waals surface area (Å²) in [6.07, 6.45) is 0.0143.